The van der Waals surface area contributed by atoms with Crippen LogP contribution in [0.25, 0.3) is 0 Å². The molecule has 2 amide bonds. The van der Waals surface area contributed by atoms with Crippen molar-refractivity contribution in [1.29, 1.82) is 0 Å². The molecule has 3 N–H and O–H groups in total. The Morgan fingerprint density at radius 2 is 2.00 bits per heavy atom. The zero-order valence-electron chi connectivity index (χ0n) is 10.8. The van der Waals surface area contributed by atoms with Crippen LogP contribution in [0.1, 0.15) is 16.8 Å². The van der Waals surface area contributed by atoms with Crippen LogP contribution in [-0.4, -0.2) is 37.4 Å². The number of hydrogen-bond donors (Lipinski definition) is 2. The Morgan fingerprint density at radius 3 is 2.53 bits per heavy atom. The molecular formula is C12H17BrClN3O2. The van der Waals surface area contributed by atoms with Crippen LogP contribution in [0.3, 0.4) is 0 Å². The van der Waals surface area contributed by atoms with E-state index in [4.69, 9.17) is 5.73 Å². The van der Waals surface area contributed by atoms with Crippen molar-refractivity contribution in [2.45, 2.75) is 6.42 Å². The molecule has 0 aliphatic carbocycles. The van der Waals surface area contributed by atoms with E-state index in [1.54, 1.807) is 32.3 Å². The first kappa shape index (κ1) is 17.7. The molecule has 5 nitrogen and oxygen atoms in total. The lowest BCUT2D eigenvalue weighted by Crippen LogP contribution is -2.30. The molecule has 0 aromatic heterocycles. The highest BCUT2D eigenvalue weighted by Crippen LogP contribution is 2.18. The molecule has 0 radical (unpaired) electrons. The van der Waals surface area contributed by atoms with Crippen LogP contribution in [0.15, 0.2) is 22.7 Å². The van der Waals surface area contributed by atoms with Gasteiger partial charge in [-0.2, -0.15) is 0 Å². The van der Waals surface area contributed by atoms with Gasteiger partial charge in [-0.15, -0.1) is 12.4 Å². The summed E-state index contributed by atoms with van der Waals surface area (Å²) in [5.74, 6) is -0.300. The summed E-state index contributed by atoms with van der Waals surface area (Å²) in [6, 6.07) is 5.05. The molecule has 0 fully saturated rings. The normalized spacial score (nSPS) is 9.42. The van der Waals surface area contributed by atoms with Crippen molar-refractivity contribution in [1.82, 2.24) is 10.2 Å². The Morgan fingerprint density at radius 1 is 1.37 bits per heavy atom. The number of amides is 2. The predicted molar refractivity (Wildman–Crippen MR) is 81.4 cm³/mol. The lowest BCUT2D eigenvalue weighted by Gasteiger charge is -2.11. The molecule has 0 atom stereocenters. The van der Waals surface area contributed by atoms with Crippen molar-refractivity contribution < 1.29 is 9.59 Å². The molecule has 19 heavy (non-hydrogen) atoms. The van der Waals surface area contributed by atoms with Gasteiger partial charge in [0.15, 0.2) is 0 Å². The fourth-order valence-electron chi connectivity index (χ4n) is 1.34. The Kier molecular flexibility index (Phi) is 7.48. The number of rotatable bonds is 4. The Bertz CT molecular complexity index is 466. The van der Waals surface area contributed by atoms with E-state index in [2.05, 4.69) is 21.2 Å². The van der Waals surface area contributed by atoms with E-state index >= 15 is 0 Å². The van der Waals surface area contributed by atoms with Crippen molar-refractivity contribution >= 4 is 45.8 Å². The number of nitrogens with one attached hydrogen (secondary N) is 1. The molecule has 0 saturated carbocycles. The van der Waals surface area contributed by atoms with Crippen LogP contribution < -0.4 is 11.1 Å². The summed E-state index contributed by atoms with van der Waals surface area (Å²) >= 11 is 3.27. The van der Waals surface area contributed by atoms with Crippen LogP contribution in [0.4, 0.5) is 5.69 Å². The lowest BCUT2D eigenvalue weighted by molar-refractivity contribution is -0.128. The smallest absolute Gasteiger partial charge is 0.253 e. The quantitative estimate of drug-likeness (QED) is 0.811. The van der Waals surface area contributed by atoms with Crippen LogP contribution in [0, 0.1) is 0 Å². The summed E-state index contributed by atoms with van der Waals surface area (Å²) in [6.07, 6.45) is 0.273. The van der Waals surface area contributed by atoms with Crippen molar-refractivity contribution in [3.63, 3.8) is 0 Å². The van der Waals surface area contributed by atoms with E-state index in [-0.39, 0.29) is 30.6 Å². The molecule has 1 aromatic carbocycles. The van der Waals surface area contributed by atoms with Gasteiger partial charge in [-0.25, -0.2) is 0 Å². The highest BCUT2D eigenvalue weighted by atomic mass is 79.9. The number of hydrogen-bond acceptors (Lipinski definition) is 3. The fourth-order valence-corrected chi connectivity index (χ4v) is 1.72. The highest BCUT2D eigenvalue weighted by Gasteiger charge is 2.10. The standard InChI is InChI=1S/C12H16BrN3O2.ClH/c1-16(2)11(17)5-6-15-12(18)9-4-3-8(13)7-10(9)14;/h3-4,7H,5-6,14H2,1-2H3,(H,15,18);1H. The van der Waals surface area contributed by atoms with E-state index in [1.165, 1.54) is 4.90 Å². The fraction of sp³-hybridized carbons (Fsp3) is 0.333. The van der Waals surface area contributed by atoms with Gasteiger partial charge in [-0.05, 0) is 18.2 Å². The molecule has 0 unspecified atom stereocenters. The number of nitrogens with zero attached hydrogens (tertiary/aromatic N) is 1. The molecule has 0 aliphatic rings. The minimum atomic E-state index is -0.272. The Hall–Kier alpha value is -1.27. The minimum Gasteiger partial charge on any atom is -0.398 e. The van der Waals surface area contributed by atoms with Crippen molar-refractivity contribution in [3.8, 4) is 0 Å². The van der Waals surface area contributed by atoms with Gasteiger partial charge in [-0.3, -0.25) is 9.59 Å². The maximum atomic E-state index is 11.8. The maximum absolute atomic E-state index is 11.8. The summed E-state index contributed by atoms with van der Waals surface area (Å²) in [6.45, 7) is 0.297. The lowest BCUT2D eigenvalue weighted by atomic mass is 10.1. The van der Waals surface area contributed by atoms with E-state index in [0.717, 1.165) is 4.47 Å². The van der Waals surface area contributed by atoms with Crippen LogP contribution in [0.2, 0.25) is 0 Å². The third kappa shape index (κ3) is 5.48. The number of nitrogens with two attached hydrogens (primary N) is 1. The number of carbonyl (C=O) groups is 2. The highest BCUT2D eigenvalue weighted by molar-refractivity contribution is 9.10. The van der Waals surface area contributed by atoms with E-state index in [9.17, 15) is 9.59 Å². The number of halogens is 2. The number of anilines is 1. The second kappa shape index (κ2) is 8.01. The van der Waals surface area contributed by atoms with Gasteiger partial charge in [0.1, 0.15) is 0 Å². The molecule has 0 aliphatic heterocycles. The SMILES string of the molecule is CN(C)C(=O)CCNC(=O)c1ccc(Br)cc1N.Cl. The molecule has 0 saturated heterocycles. The molecular weight excluding hydrogens is 334 g/mol. The van der Waals surface area contributed by atoms with Crippen LogP contribution in [-0.2, 0) is 4.79 Å². The van der Waals surface area contributed by atoms with Gasteiger partial charge in [-0.1, -0.05) is 15.9 Å². The van der Waals surface area contributed by atoms with E-state index < -0.39 is 0 Å². The molecule has 7 heteroatoms. The van der Waals surface area contributed by atoms with Gasteiger partial charge >= 0.3 is 0 Å². The average Bonchev–Trinajstić information content (AvgIpc) is 2.28. The van der Waals surface area contributed by atoms with Gasteiger partial charge in [0.05, 0.1) is 5.56 Å². The number of nitrogen functional groups attached to an aromatic ring is 1. The zero-order valence-corrected chi connectivity index (χ0v) is 13.2. The zero-order chi connectivity index (χ0) is 13.7. The third-order valence-corrected chi connectivity index (χ3v) is 2.87. The van der Waals surface area contributed by atoms with Gasteiger partial charge in [0.25, 0.3) is 5.91 Å². The molecule has 0 spiro atoms. The van der Waals surface area contributed by atoms with E-state index in [1.807, 2.05) is 0 Å². The van der Waals surface area contributed by atoms with Crippen molar-refractivity contribution in [3.05, 3.63) is 28.2 Å². The first-order chi connectivity index (χ1) is 8.41. The summed E-state index contributed by atoms with van der Waals surface area (Å²) < 4.78 is 0.819. The number of benzene rings is 1. The Labute approximate surface area is 127 Å². The maximum Gasteiger partial charge on any atom is 0.253 e. The number of carbonyl (C=O) groups excluding carboxylic acids is 2. The average molecular weight is 351 g/mol. The molecule has 1 aromatic rings. The third-order valence-electron chi connectivity index (χ3n) is 2.38. The molecule has 0 heterocycles. The first-order valence-electron chi connectivity index (χ1n) is 5.45. The van der Waals surface area contributed by atoms with Crippen LogP contribution >= 0.6 is 28.3 Å². The molecule has 0 bridgehead atoms. The summed E-state index contributed by atoms with van der Waals surface area (Å²) in [5, 5.41) is 2.66. The van der Waals surface area contributed by atoms with Crippen molar-refractivity contribution in [2.24, 2.45) is 0 Å². The van der Waals surface area contributed by atoms with Gasteiger partial charge in [0.2, 0.25) is 5.91 Å². The predicted octanol–water partition coefficient (Wildman–Crippen LogP) is 1.66. The summed E-state index contributed by atoms with van der Waals surface area (Å²) in [7, 11) is 3.35. The minimum absolute atomic E-state index is 0. The Balaban J connectivity index is 0.00000324. The van der Waals surface area contributed by atoms with Gasteiger partial charge < -0.3 is 16.0 Å². The second-order valence-corrected chi connectivity index (χ2v) is 4.94. The van der Waals surface area contributed by atoms with Crippen LogP contribution in [0.5, 0.6) is 0 Å². The summed E-state index contributed by atoms with van der Waals surface area (Å²) in [4.78, 5) is 24.6. The van der Waals surface area contributed by atoms with E-state index in [0.29, 0.717) is 17.8 Å². The molecule has 106 valence electrons. The largest absolute Gasteiger partial charge is 0.398 e. The van der Waals surface area contributed by atoms with Gasteiger partial charge in [0, 0.05) is 37.2 Å². The second-order valence-electron chi connectivity index (χ2n) is 4.03. The first-order valence-corrected chi connectivity index (χ1v) is 6.24. The summed E-state index contributed by atoms with van der Waals surface area (Å²) in [5.41, 5.74) is 6.55. The molecule has 1 rings (SSSR count). The monoisotopic (exact) mass is 349 g/mol. The van der Waals surface area contributed by atoms with Crippen molar-refractivity contribution in [2.75, 3.05) is 26.4 Å². The topological polar surface area (TPSA) is 75.4 Å².